The number of hydrogen-bond acceptors (Lipinski definition) is 3. The van der Waals surface area contributed by atoms with Crippen LogP contribution in [0.2, 0.25) is 0 Å². The van der Waals surface area contributed by atoms with Crippen LogP contribution in [0.5, 0.6) is 0 Å². The second-order valence-electron chi connectivity index (χ2n) is 4.00. The van der Waals surface area contributed by atoms with E-state index in [4.69, 9.17) is 5.21 Å². The lowest BCUT2D eigenvalue weighted by Gasteiger charge is -2.07. The van der Waals surface area contributed by atoms with E-state index < -0.39 is 0 Å². The van der Waals surface area contributed by atoms with Crippen molar-refractivity contribution >= 4 is 17.4 Å². The summed E-state index contributed by atoms with van der Waals surface area (Å²) >= 11 is 0. The molecule has 0 heterocycles. The Bertz CT molecular complexity index is 413. The van der Waals surface area contributed by atoms with Crippen molar-refractivity contribution in [3.8, 4) is 0 Å². The van der Waals surface area contributed by atoms with E-state index in [0.717, 1.165) is 18.4 Å². The summed E-state index contributed by atoms with van der Waals surface area (Å²) in [6.07, 6.45) is 2.02. The first-order valence-electron chi connectivity index (χ1n) is 6.01. The predicted molar refractivity (Wildman–Crippen MR) is 72.4 cm³/mol. The predicted octanol–water partition coefficient (Wildman–Crippen LogP) is 2.81. The highest BCUT2D eigenvalue weighted by atomic mass is 16.4. The van der Waals surface area contributed by atoms with Gasteiger partial charge in [0.2, 0.25) is 0 Å². The van der Waals surface area contributed by atoms with Crippen molar-refractivity contribution in [1.29, 1.82) is 0 Å². The molecule has 0 spiro atoms. The van der Waals surface area contributed by atoms with Gasteiger partial charge in [0.05, 0.1) is 5.71 Å². The minimum absolute atomic E-state index is 0.205. The highest BCUT2D eigenvalue weighted by Crippen LogP contribution is 2.10. The van der Waals surface area contributed by atoms with E-state index >= 15 is 0 Å². The summed E-state index contributed by atoms with van der Waals surface area (Å²) in [6.45, 7) is 4.46. The summed E-state index contributed by atoms with van der Waals surface area (Å²) < 4.78 is 0. The number of carbonyl (C=O) groups is 1. The molecule has 0 radical (unpaired) electrons. The van der Waals surface area contributed by atoms with Gasteiger partial charge in [0, 0.05) is 12.2 Å². The number of unbranched alkanes of at least 4 members (excludes halogenated alkanes) is 1. The topological polar surface area (TPSA) is 73.7 Å². The van der Waals surface area contributed by atoms with Crippen LogP contribution in [0.3, 0.4) is 0 Å². The molecule has 0 atom stereocenters. The fraction of sp³-hybridized carbons (Fsp3) is 0.385. The Labute approximate surface area is 107 Å². The van der Waals surface area contributed by atoms with Gasteiger partial charge < -0.3 is 15.8 Å². The highest BCUT2D eigenvalue weighted by Gasteiger charge is 2.02. The van der Waals surface area contributed by atoms with Crippen molar-refractivity contribution in [2.75, 3.05) is 11.9 Å². The van der Waals surface area contributed by atoms with E-state index in [2.05, 4.69) is 22.7 Å². The fourth-order valence-electron chi connectivity index (χ4n) is 1.41. The first-order valence-corrected chi connectivity index (χ1v) is 6.01. The molecule has 1 aromatic rings. The molecular formula is C13H19N3O2. The third-order valence-electron chi connectivity index (χ3n) is 2.53. The summed E-state index contributed by atoms with van der Waals surface area (Å²) in [5, 5.41) is 17.2. The average Bonchev–Trinajstić information content (AvgIpc) is 2.39. The van der Waals surface area contributed by atoms with Gasteiger partial charge in [-0.15, -0.1) is 0 Å². The highest BCUT2D eigenvalue weighted by molar-refractivity contribution is 5.99. The molecule has 0 aromatic heterocycles. The van der Waals surface area contributed by atoms with Crippen molar-refractivity contribution < 1.29 is 10.0 Å². The SMILES string of the molecule is CCCCNC(=O)Nc1ccc(/C(C)=N/O)cc1. The van der Waals surface area contributed by atoms with Crippen LogP contribution in [0.1, 0.15) is 32.3 Å². The molecule has 0 aliphatic carbocycles. The number of amides is 2. The van der Waals surface area contributed by atoms with Crippen LogP contribution in [0, 0.1) is 0 Å². The summed E-state index contributed by atoms with van der Waals surface area (Å²) in [5.41, 5.74) is 2.06. The first-order chi connectivity index (χ1) is 8.67. The van der Waals surface area contributed by atoms with Crippen LogP contribution in [0.15, 0.2) is 29.4 Å². The number of urea groups is 1. The third kappa shape index (κ3) is 4.45. The van der Waals surface area contributed by atoms with E-state index in [1.807, 2.05) is 0 Å². The van der Waals surface area contributed by atoms with Crippen LogP contribution in [-0.4, -0.2) is 23.5 Å². The number of carbonyl (C=O) groups excluding carboxylic acids is 1. The van der Waals surface area contributed by atoms with Gasteiger partial charge in [0.15, 0.2) is 0 Å². The summed E-state index contributed by atoms with van der Waals surface area (Å²) in [4.78, 5) is 11.5. The molecule has 0 saturated carbocycles. The number of oxime groups is 1. The Morgan fingerprint density at radius 2 is 2.00 bits per heavy atom. The van der Waals surface area contributed by atoms with Gasteiger partial charge in [-0.1, -0.05) is 30.6 Å². The largest absolute Gasteiger partial charge is 0.411 e. The molecule has 18 heavy (non-hydrogen) atoms. The monoisotopic (exact) mass is 249 g/mol. The van der Waals surface area contributed by atoms with Crippen LogP contribution in [0.25, 0.3) is 0 Å². The lowest BCUT2D eigenvalue weighted by atomic mass is 10.1. The first kappa shape index (κ1) is 14.0. The molecule has 98 valence electrons. The Hall–Kier alpha value is -2.04. The van der Waals surface area contributed by atoms with Crippen LogP contribution < -0.4 is 10.6 Å². The van der Waals surface area contributed by atoms with Crippen molar-refractivity contribution in [2.24, 2.45) is 5.16 Å². The molecule has 0 aliphatic rings. The average molecular weight is 249 g/mol. The minimum Gasteiger partial charge on any atom is -0.411 e. The number of hydrogen-bond donors (Lipinski definition) is 3. The van der Waals surface area contributed by atoms with Gasteiger partial charge in [-0.3, -0.25) is 0 Å². The van der Waals surface area contributed by atoms with Crippen molar-refractivity contribution in [1.82, 2.24) is 5.32 Å². The van der Waals surface area contributed by atoms with E-state index in [-0.39, 0.29) is 6.03 Å². The van der Waals surface area contributed by atoms with E-state index in [1.165, 1.54) is 0 Å². The van der Waals surface area contributed by atoms with E-state index in [0.29, 0.717) is 17.9 Å². The second-order valence-corrected chi connectivity index (χ2v) is 4.00. The van der Waals surface area contributed by atoms with E-state index in [1.54, 1.807) is 31.2 Å². The number of benzene rings is 1. The van der Waals surface area contributed by atoms with Crippen molar-refractivity contribution in [3.05, 3.63) is 29.8 Å². The maximum absolute atomic E-state index is 11.5. The maximum atomic E-state index is 11.5. The molecule has 5 nitrogen and oxygen atoms in total. The Kier molecular flexibility index (Phi) is 5.70. The quantitative estimate of drug-likeness (QED) is 0.325. The number of nitrogens with zero attached hydrogens (tertiary/aromatic N) is 1. The van der Waals surface area contributed by atoms with Gasteiger partial charge in [-0.2, -0.15) is 0 Å². The Morgan fingerprint density at radius 3 is 2.56 bits per heavy atom. The summed E-state index contributed by atoms with van der Waals surface area (Å²) in [5.74, 6) is 0. The smallest absolute Gasteiger partial charge is 0.319 e. The fourth-order valence-corrected chi connectivity index (χ4v) is 1.41. The molecule has 1 aromatic carbocycles. The second kappa shape index (κ2) is 7.32. The van der Waals surface area contributed by atoms with Crippen LogP contribution in [-0.2, 0) is 0 Å². The molecule has 0 bridgehead atoms. The lowest BCUT2D eigenvalue weighted by Crippen LogP contribution is -2.29. The zero-order valence-corrected chi connectivity index (χ0v) is 10.7. The summed E-state index contributed by atoms with van der Waals surface area (Å²) in [6, 6.07) is 6.91. The molecule has 5 heteroatoms. The molecule has 3 N–H and O–H groups in total. The van der Waals surface area contributed by atoms with Crippen molar-refractivity contribution in [2.45, 2.75) is 26.7 Å². The molecular weight excluding hydrogens is 230 g/mol. The van der Waals surface area contributed by atoms with Crippen LogP contribution in [0.4, 0.5) is 10.5 Å². The van der Waals surface area contributed by atoms with E-state index in [9.17, 15) is 4.79 Å². The standard InChI is InChI=1S/C13H19N3O2/c1-3-4-9-14-13(17)15-12-7-5-11(6-8-12)10(2)16-18/h5-8,18H,3-4,9H2,1-2H3,(H2,14,15,17)/b16-10+. The molecule has 0 aliphatic heterocycles. The normalized spacial score (nSPS) is 11.1. The van der Waals surface area contributed by atoms with Crippen molar-refractivity contribution in [3.63, 3.8) is 0 Å². The van der Waals surface area contributed by atoms with Gasteiger partial charge >= 0.3 is 6.03 Å². The molecule has 0 saturated heterocycles. The summed E-state index contributed by atoms with van der Waals surface area (Å²) in [7, 11) is 0. The lowest BCUT2D eigenvalue weighted by molar-refractivity contribution is 0.252. The number of nitrogens with one attached hydrogen (secondary N) is 2. The molecule has 2 amide bonds. The van der Waals surface area contributed by atoms with Gasteiger partial charge in [-0.05, 0) is 31.0 Å². The maximum Gasteiger partial charge on any atom is 0.319 e. The third-order valence-corrected chi connectivity index (χ3v) is 2.53. The Balaban J connectivity index is 2.51. The number of anilines is 1. The van der Waals surface area contributed by atoms with Crippen LogP contribution >= 0.6 is 0 Å². The Morgan fingerprint density at radius 1 is 1.33 bits per heavy atom. The molecule has 0 unspecified atom stereocenters. The van der Waals surface area contributed by atoms with Gasteiger partial charge in [0.25, 0.3) is 0 Å². The van der Waals surface area contributed by atoms with Gasteiger partial charge in [0.1, 0.15) is 0 Å². The molecule has 0 fully saturated rings. The zero-order chi connectivity index (χ0) is 13.4. The molecule has 1 rings (SSSR count). The van der Waals surface area contributed by atoms with Gasteiger partial charge in [-0.25, -0.2) is 4.79 Å². The minimum atomic E-state index is -0.205. The zero-order valence-electron chi connectivity index (χ0n) is 10.7. The number of rotatable bonds is 5.